The maximum absolute atomic E-state index is 4.42. The Labute approximate surface area is 97.3 Å². The number of benzene rings is 1. The SMILES string of the molecule is c1ccc2c(c1)-c1nccn1Cc1cnnn1-2. The molecule has 1 aromatic carbocycles. The molecule has 3 aromatic rings. The lowest BCUT2D eigenvalue weighted by Crippen LogP contribution is -2.03. The van der Waals surface area contributed by atoms with Gasteiger partial charge in [0, 0.05) is 18.0 Å². The number of hydrogen-bond acceptors (Lipinski definition) is 3. The van der Waals surface area contributed by atoms with Gasteiger partial charge < -0.3 is 4.57 Å². The summed E-state index contributed by atoms with van der Waals surface area (Å²) in [6, 6.07) is 8.12. The zero-order chi connectivity index (χ0) is 11.2. The number of imidazole rings is 1. The van der Waals surface area contributed by atoms with Crippen LogP contribution in [0.25, 0.3) is 17.1 Å². The van der Waals surface area contributed by atoms with E-state index in [0.29, 0.717) is 0 Å². The van der Waals surface area contributed by atoms with E-state index in [1.165, 1.54) is 0 Å². The molecule has 17 heavy (non-hydrogen) atoms. The van der Waals surface area contributed by atoms with Crippen LogP contribution in [0.2, 0.25) is 0 Å². The van der Waals surface area contributed by atoms with Gasteiger partial charge in [-0.25, -0.2) is 9.67 Å². The zero-order valence-electron chi connectivity index (χ0n) is 8.98. The van der Waals surface area contributed by atoms with Crippen molar-refractivity contribution in [3.8, 4) is 17.1 Å². The van der Waals surface area contributed by atoms with E-state index in [0.717, 1.165) is 29.3 Å². The quantitative estimate of drug-likeness (QED) is 0.454. The van der Waals surface area contributed by atoms with Crippen LogP contribution in [0.15, 0.2) is 42.9 Å². The van der Waals surface area contributed by atoms with Crippen LogP contribution in [0.5, 0.6) is 0 Å². The predicted molar refractivity (Wildman–Crippen MR) is 61.7 cm³/mol. The zero-order valence-corrected chi connectivity index (χ0v) is 8.98. The summed E-state index contributed by atoms with van der Waals surface area (Å²) in [6.07, 6.45) is 5.60. The van der Waals surface area contributed by atoms with Crippen LogP contribution in [0.4, 0.5) is 0 Å². The van der Waals surface area contributed by atoms with Gasteiger partial charge in [0.1, 0.15) is 5.82 Å². The molecule has 1 aliphatic heterocycles. The summed E-state index contributed by atoms with van der Waals surface area (Å²) in [5, 5.41) is 8.13. The van der Waals surface area contributed by atoms with E-state index in [9.17, 15) is 0 Å². The second-order valence-corrected chi connectivity index (χ2v) is 4.03. The minimum atomic E-state index is 0.747. The lowest BCUT2D eigenvalue weighted by atomic mass is 10.1. The van der Waals surface area contributed by atoms with E-state index in [1.807, 2.05) is 35.3 Å². The van der Waals surface area contributed by atoms with E-state index >= 15 is 0 Å². The molecule has 0 spiro atoms. The van der Waals surface area contributed by atoms with Crippen molar-refractivity contribution in [2.75, 3.05) is 0 Å². The van der Waals surface area contributed by atoms with Gasteiger partial charge in [0.2, 0.25) is 0 Å². The molecule has 0 bridgehead atoms. The van der Waals surface area contributed by atoms with Gasteiger partial charge in [-0.1, -0.05) is 17.3 Å². The van der Waals surface area contributed by atoms with Gasteiger partial charge >= 0.3 is 0 Å². The third-order valence-electron chi connectivity index (χ3n) is 3.04. The fraction of sp³-hybridized carbons (Fsp3) is 0.0833. The summed E-state index contributed by atoms with van der Waals surface area (Å²) in [4.78, 5) is 4.42. The van der Waals surface area contributed by atoms with Crippen LogP contribution in [-0.2, 0) is 6.54 Å². The highest BCUT2D eigenvalue weighted by atomic mass is 15.4. The minimum absolute atomic E-state index is 0.747. The fourth-order valence-electron chi connectivity index (χ4n) is 2.27. The Morgan fingerprint density at radius 1 is 1.18 bits per heavy atom. The van der Waals surface area contributed by atoms with E-state index in [4.69, 9.17) is 0 Å². The third kappa shape index (κ3) is 1.10. The van der Waals surface area contributed by atoms with Gasteiger partial charge in [-0.15, -0.1) is 5.10 Å². The highest BCUT2D eigenvalue weighted by molar-refractivity contribution is 5.68. The topological polar surface area (TPSA) is 48.5 Å². The molecular weight excluding hydrogens is 214 g/mol. The number of nitrogens with zero attached hydrogens (tertiary/aromatic N) is 5. The van der Waals surface area contributed by atoms with Crippen molar-refractivity contribution in [3.05, 3.63) is 48.5 Å². The molecule has 2 aromatic heterocycles. The second-order valence-electron chi connectivity index (χ2n) is 4.03. The lowest BCUT2D eigenvalue weighted by molar-refractivity contribution is 0.727. The number of para-hydroxylation sites is 1. The van der Waals surface area contributed by atoms with Crippen LogP contribution in [0.1, 0.15) is 5.69 Å². The van der Waals surface area contributed by atoms with Gasteiger partial charge in [-0.3, -0.25) is 0 Å². The smallest absolute Gasteiger partial charge is 0.142 e. The van der Waals surface area contributed by atoms with E-state index in [-0.39, 0.29) is 0 Å². The fourth-order valence-corrected chi connectivity index (χ4v) is 2.27. The molecule has 0 aliphatic carbocycles. The van der Waals surface area contributed by atoms with Gasteiger partial charge in [-0.05, 0) is 12.1 Å². The molecule has 3 heterocycles. The molecule has 0 fully saturated rings. The number of rotatable bonds is 0. The first kappa shape index (κ1) is 8.69. The van der Waals surface area contributed by atoms with Gasteiger partial charge in [0.05, 0.1) is 24.1 Å². The highest BCUT2D eigenvalue weighted by Gasteiger charge is 2.19. The standard InChI is InChI=1S/C12H9N5/c1-2-4-11-10(3-1)12-13-5-6-16(12)8-9-7-14-15-17(9)11/h1-7H,8H2. The van der Waals surface area contributed by atoms with Crippen molar-refractivity contribution in [1.82, 2.24) is 24.5 Å². The number of hydrogen-bond donors (Lipinski definition) is 0. The lowest BCUT2D eigenvalue weighted by Gasteiger charge is -2.05. The van der Waals surface area contributed by atoms with Crippen molar-refractivity contribution < 1.29 is 0 Å². The Morgan fingerprint density at radius 2 is 2.12 bits per heavy atom. The predicted octanol–water partition coefficient (Wildman–Crippen LogP) is 1.49. The number of fused-ring (bicyclic) bond motifs is 5. The molecule has 1 aliphatic rings. The minimum Gasteiger partial charge on any atom is -0.325 e. The average molecular weight is 223 g/mol. The summed E-state index contributed by atoms with van der Waals surface area (Å²) in [5.74, 6) is 0.978. The molecule has 0 radical (unpaired) electrons. The Hall–Kier alpha value is -2.43. The first-order valence-electron chi connectivity index (χ1n) is 5.44. The Balaban J connectivity index is 2.14. The first-order valence-corrected chi connectivity index (χ1v) is 5.44. The van der Waals surface area contributed by atoms with Crippen molar-refractivity contribution in [2.24, 2.45) is 0 Å². The first-order chi connectivity index (χ1) is 8.43. The molecule has 5 heteroatoms. The van der Waals surface area contributed by atoms with E-state index in [2.05, 4.69) is 25.9 Å². The van der Waals surface area contributed by atoms with Crippen LogP contribution in [0.3, 0.4) is 0 Å². The van der Waals surface area contributed by atoms with Gasteiger partial charge in [-0.2, -0.15) is 0 Å². The van der Waals surface area contributed by atoms with Crippen LogP contribution >= 0.6 is 0 Å². The highest BCUT2D eigenvalue weighted by Crippen LogP contribution is 2.29. The molecule has 0 unspecified atom stereocenters. The van der Waals surface area contributed by atoms with Crippen LogP contribution in [-0.4, -0.2) is 24.5 Å². The van der Waals surface area contributed by atoms with E-state index in [1.54, 1.807) is 6.20 Å². The van der Waals surface area contributed by atoms with Crippen molar-refractivity contribution in [1.29, 1.82) is 0 Å². The Kier molecular flexibility index (Phi) is 1.55. The summed E-state index contributed by atoms with van der Waals surface area (Å²) < 4.78 is 3.99. The molecule has 4 rings (SSSR count). The molecule has 0 N–H and O–H groups in total. The summed E-state index contributed by atoms with van der Waals surface area (Å²) in [6.45, 7) is 0.747. The summed E-state index contributed by atoms with van der Waals surface area (Å²) in [7, 11) is 0. The molecule has 5 nitrogen and oxygen atoms in total. The number of aromatic nitrogens is 5. The van der Waals surface area contributed by atoms with Crippen molar-refractivity contribution in [3.63, 3.8) is 0 Å². The Morgan fingerprint density at radius 3 is 3.12 bits per heavy atom. The summed E-state index contributed by atoms with van der Waals surface area (Å²) in [5.41, 5.74) is 3.18. The normalized spacial score (nSPS) is 12.5. The molecule has 0 saturated carbocycles. The second kappa shape index (κ2) is 3.04. The molecule has 0 amide bonds. The Bertz CT molecular complexity index is 635. The largest absolute Gasteiger partial charge is 0.325 e. The van der Waals surface area contributed by atoms with Crippen LogP contribution in [0, 0.1) is 0 Å². The maximum Gasteiger partial charge on any atom is 0.142 e. The average Bonchev–Trinajstić information content (AvgIpc) is 2.97. The van der Waals surface area contributed by atoms with Gasteiger partial charge in [0.15, 0.2) is 0 Å². The monoisotopic (exact) mass is 223 g/mol. The van der Waals surface area contributed by atoms with Crippen molar-refractivity contribution >= 4 is 0 Å². The van der Waals surface area contributed by atoms with Crippen LogP contribution < -0.4 is 0 Å². The maximum atomic E-state index is 4.42. The molecular formula is C12H9N5. The van der Waals surface area contributed by atoms with Crippen molar-refractivity contribution in [2.45, 2.75) is 6.54 Å². The molecule has 0 atom stereocenters. The van der Waals surface area contributed by atoms with Gasteiger partial charge in [0.25, 0.3) is 0 Å². The van der Waals surface area contributed by atoms with E-state index < -0.39 is 0 Å². The third-order valence-corrected chi connectivity index (χ3v) is 3.04. The summed E-state index contributed by atoms with van der Waals surface area (Å²) >= 11 is 0. The molecule has 0 saturated heterocycles. The molecule has 82 valence electrons.